The van der Waals surface area contributed by atoms with Gasteiger partial charge >= 0.3 is 0 Å². The second-order valence-corrected chi connectivity index (χ2v) is 10.6. The van der Waals surface area contributed by atoms with Crippen molar-refractivity contribution >= 4 is 11.6 Å². The van der Waals surface area contributed by atoms with Crippen molar-refractivity contribution in [2.45, 2.75) is 25.2 Å². The van der Waals surface area contributed by atoms with Crippen LogP contribution < -0.4 is 25.1 Å². The topological polar surface area (TPSA) is 152 Å². The first-order valence-electron chi connectivity index (χ1n) is 14.7. The van der Waals surface area contributed by atoms with Crippen LogP contribution in [0.3, 0.4) is 0 Å². The standard InChI is InChI=1S/C35H35N3O8/c1-44-25-10-6-22(7-11-25)15-18-46-29-13-9-24(20-30(29)45-2)26(33-34(42)37-31-5-3-4-17-38(31)35(33)43)21-32(41)36-16-14-23-8-12-27(39)28(40)19-23/h3-13,17,19-20,26,39-40,42H,14-16,18,21H2,1-2H3,(H,36,41)/t26-/m0/s1. The zero-order valence-corrected chi connectivity index (χ0v) is 25.5. The Hall–Kier alpha value is -5.71. The van der Waals surface area contributed by atoms with Crippen molar-refractivity contribution in [3.8, 4) is 34.6 Å². The smallest absolute Gasteiger partial charge is 0.265 e. The van der Waals surface area contributed by atoms with Gasteiger partial charge in [0.2, 0.25) is 11.8 Å². The lowest BCUT2D eigenvalue weighted by Crippen LogP contribution is -2.30. The van der Waals surface area contributed by atoms with E-state index in [0.29, 0.717) is 42.1 Å². The quantitative estimate of drug-likeness (QED) is 0.140. The number of nitrogens with one attached hydrogen (secondary N) is 1. The molecule has 0 aliphatic rings. The van der Waals surface area contributed by atoms with Gasteiger partial charge in [-0.2, -0.15) is 4.98 Å². The van der Waals surface area contributed by atoms with E-state index in [1.54, 1.807) is 55.8 Å². The number of phenolic OH excluding ortho intramolecular Hbond substituents is 2. The first-order chi connectivity index (χ1) is 22.3. The van der Waals surface area contributed by atoms with Crippen LogP contribution in [0.4, 0.5) is 0 Å². The molecule has 0 radical (unpaired) electrons. The number of aromatic nitrogens is 2. The third kappa shape index (κ3) is 7.32. The van der Waals surface area contributed by atoms with Crippen LogP contribution in [-0.2, 0) is 17.6 Å². The summed E-state index contributed by atoms with van der Waals surface area (Å²) in [5.41, 5.74) is 2.07. The molecule has 0 spiro atoms. The number of fused-ring (bicyclic) bond motifs is 1. The summed E-state index contributed by atoms with van der Waals surface area (Å²) in [5, 5.41) is 33.1. The maximum absolute atomic E-state index is 13.7. The lowest BCUT2D eigenvalue weighted by molar-refractivity contribution is -0.121. The third-order valence-corrected chi connectivity index (χ3v) is 7.66. The molecule has 2 heterocycles. The molecule has 0 bridgehead atoms. The van der Waals surface area contributed by atoms with Gasteiger partial charge in [0.25, 0.3) is 5.56 Å². The van der Waals surface area contributed by atoms with E-state index in [1.165, 1.54) is 23.6 Å². The van der Waals surface area contributed by atoms with Crippen LogP contribution in [0.5, 0.6) is 34.6 Å². The molecular weight excluding hydrogens is 590 g/mol. The van der Waals surface area contributed by atoms with Gasteiger partial charge in [-0.05, 0) is 71.6 Å². The van der Waals surface area contributed by atoms with Crippen LogP contribution in [0.1, 0.15) is 34.6 Å². The van der Waals surface area contributed by atoms with Crippen molar-refractivity contribution in [3.05, 3.63) is 118 Å². The molecule has 46 heavy (non-hydrogen) atoms. The van der Waals surface area contributed by atoms with Crippen molar-refractivity contribution in [3.63, 3.8) is 0 Å². The molecule has 11 heteroatoms. The molecule has 0 saturated heterocycles. The highest BCUT2D eigenvalue weighted by Crippen LogP contribution is 2.36. The normalized spacial score (nSPS) is 11.6. The number of pyridine rings is 1. The Bertz CT molecular complexity index is 1890. The van der Waals surface area contributed by atoms with E-state index < -0.39 is 17.4 Å². The van der Waals surface area contributed by atoms with Gasteiger partial charge in [-0.25, -0.2) is 0 Å². The molecule has 5 rings (SSSR count). The van der Waals surface area contributed by atoms with Crippen molar-refractivity contribution < 1.29 is 34.3 Å². The number of carbonyl (C=O) groups is 1. The number of rotatable bonds is 13. The number of benzene rings is 3. The largest absolute Gasteiger partial charge is 0.504 e. The Balaban J connectivity index is 1.39. The minimum atomic E-state index is -0.878. The molecular formula is C35H35N3O8. The molecule has 0 saturated carbocycles. The number of phenols is 2. The molecule has 4 N–H and O–H groups in total. The monoisotopic (exact) mass is 625 g/mol. The van der Waals surface area contributed by atoms with Crippen molar-refractivity contribution in [2.75, 3.05) is 27.4 Å². The van der Waals surface area contributed by atoms with Crippen LogP contribution >= 0.6 is 0 Å². The fourth-order valence-electron chi connectivity index (χ4n) is 5.20. The number of hydrogen-bond acceptors (Lipinski definition) is 9. The Morgan fingerprint density at radius 3 is 2.39 bits per heavy atom. The predicted molar refractivity (Wildman–Crippen MR) is 171 cm³/mol. The minimum absolute atomic E-state index is 0.0301. The van der Waals surface area contributed by atoms with E-state index in [0.717, 1.165) is 11.3 Å². The summed E-state index contributed by atoms with van der Waals surface area (Å²) in [5.74, 6) is -0.528. The minimum Gasteiger partial charge on any atom is -0.504 e. The molecule has 1 atom stereocenters. The van der Waals surface area contributed by atoms with Gasteiger partial charge in [0.1, 0.15) is 11.4 Å². The highest BCUT2D eigenvalue weighted by atomic mass is 16.5. The third-order valence-electron chi connectivity index (χ3n) is 7.66. The van der Waals surface area contributed by atoms with Crippen molar-refractivity contribution in [2.24, 2.45) is 0 Å². The molecule has 0 aliphatic heterocycles. The number of amides is 1. The summed E-state index contributed by atoms with van der Waals surface area (Å²) in [6.07, 6.45) is 2.42. The molecule has 3 aromatic carbocycles. The lowest BCUT2D eigenvalue weighted by Gasteiger charge is -2.20. The van der Waals surface area contributed by atoms with Gasteiger partial charge in [0, 0.05) is 31.5 Å². The average molecular weight is 626 g/mol. The van der Waals surface area contributed by atoms with Crippen molar-refractivity contribution in [1.82, 2.24) is 14.7 Å². The zero-order chi connectivity index (χ0) is 32.6. The second-order valence-electron chi connectivity index (χ2n) is 10.6. The zero-order valence-electron chi connectivity index (χ0n) is 25.5. The molecule has 1 amide bonds. The number of methoxy groups -OCH3 is 2. The molecule has 0 fully saturated rings. The van der Waals surface area contributed by atoms with Crippen LogP contribution in [-0.4, -0.2) is 58.0 Å². The predicted octanol–water partition coefficient (Wildman–Crippen LogP) is 4.33. The van der Waals surface area contributed by atoms with E-state index in [2.05, 4.69) is 10.3 Å². The Morgan fingerprint density at radius 1 is 0.870 bits per heavy atom. The number of ether oxygens (including phenoxy) is 3. The van der Waals surface area contributed by atoms with Gasteiger partial charge in [0.15, 0.2) is 23.0 Å². The highest BCUT2D eigenvalue weighted by molar-refractivity contribution is 5.78. The molecule has 2 aromatic heterocycles. The fraction of sp³-hybridized carbons (Fsp3) is 0.229. The van der Waals surface area contributed by atoms with Gasteiger partial charge < -0.3 is 34.8 Å². The van der Waals surface area contributed by atoms with E-state index in [1.807, 2.05) is 24.3 Å². The number of carbonyl (C=O) groups excluding carboxylic acids is 1. The van der Waals surface area contributed by atoms with Crippen LogP contribution in [0.15, 0.2) is 89.9 Å². The molecule has 238 valence electrons. The van der Waals surface area contributed by atoms with Crippen LogP contribution in [0.25, 0.3) is 5.65 Å². The number of aromatic hydroxyl groups is 3. The summed E-state index contributed by atoms with van der Waals surface area (Å²) in [4.78, 5) is 31.2. The fourth-order valence-corrected chi connectivity index (χ4v) is 5.20. The van der Waals surface area contributed by atoms with Gasteiger partial charge in [-0.3, -0.25) is 14.0 Å². The first-order valence-corrected chi connectivity index (χ1v) is 14.7. The maximum Gasteiger partial charge on any atom is 0.265 e. The van der Waals surface area contributed by atoms with E-state index >= 15 is 0 Å². The lowest BCUT2D eigenvalue weighted by atomic mass is 9.88. The van der Waals surface area contributed by atoms with Gasteiger partial charge in [-0.15, -0.1) is 0 Å². The van der Waals surface area contributed by atoms with Crippen molar-refractivity contribution in [1.29, 1.82) is 0 Å². The summed E-state index contributed by atoms with van der Waals surface area (Å²) in [7, 11) is 3.12. The highest BCUT2D eigenvalue weighted by Gasteiger charge is 2.27. The maximum atomic E-state index is 13.7. The molecule has 11 nitrogen and oxygen atoms in total. The SMILES string of the molecule is COc1ccc(CCOc2ccc([C@H](CC(=O)NCCc3ccc(O)c(O)c3)c3c(O)nc4ccccn4c3=O)cc2OC)cc1. The van der Waals surface area contributed by atoms with E-state index in [9.17, 15) is 24.9 Å². The summed E-state index contributed by atoms with van der Waals surface area (Å²) in [6.45, 7) is 0.615. The van der Waals surface area contributed by atoms with Gasteiger partial charge in [0.05, 0.1) is 26.4 Å². The Morgan fingerprint density at radius 2 is 1.65 bits per heavy atom. The Kier molecular flexibility index (Phi) is 9.91. The number of nitrogens with zero attached hydrogens (tertiary/aromatic N) is 2. The summed E-state index contributed by atoms with van der Waals surface area (Å²) >= 11 is 0. The second kappa shape index (κ2) is 14.4. The average Bonchev–Trinajstić information content (AvgIpc) is 3.06. The Labute approximate surface area is 265 Å². The van der Waals surface area contributed by atoms with Gasteiger partial charge in [-0.1, -0.05) is 30.3 Å². The molecule has 0 unspecified atom stereocenters. The van der Waals surface area contributed by atoms with E-state index in [4.69, 9.17) is 14.2 Å². The van der Waals surface area contributed by atoms with Crippen LogP contribution in [0, 0.1) is 0 Å². The van der Waals surface area contributed by atoms with E-state index in [-0.39, 0.29) is 41.6 Å². The first kappa shape index (κ1) is 31.7. The van der Waals surface area contributed by atoms with Crippen LogP contribution in [0.2, 0.25) is 0 Å². The summed E-state index contributed by atoms with van der Waals surface area (Å²) in [6, 6.07) is 22.3. The molecule has 5 aromatic rings. The molecule has 0 aliphatic carbocycles. The number of hydrogen-bond donors (Lipinski definition) is 4. The summed E-state index contributed by atoms with van der Waals surface area (Å²) < 4.78 is 18.2.